The Bertz CT molecular complexity index is 292. The van der Waals surface area contributed by atoms with Crippen molar-refractivity contribution in [2.45, 2.75) is 19.5 Å². The van der Waals surface area contributed by atoms with E-state index in [1.165, 1.54) is 0 Å². The van der Waals surface area contributed by atoms with Gasteiger partial charge in [0.1, 0.15) is 0 Å². The van der Waals surface area contributed by atoms with Crippen molar-refractivity contribution >= 4 is 5.91 Å². The van der Waals surface area contributed by atoms with E-state index in [9.17, 15) is 4.79 Å². The fraction of sp³-hybridized carbons (Fsp3) is 0.500. The molecule has 0 saturated heterocycles. The normalized spacial score (nSPS) is 12.5. The Morgan fingerprint density at radius 1 is 1.85 bits per heavy atom. The molecule has 1 heterocycles. The second kappa shape index (κ2) is 4.04. The number of aryl methyl sites for hydroxylation is 1. The number of rotatable bonds is 3. The van der Waals surface area contributed by atoms with Crippen molar-refractivity contribution in [3.8, 4) is 0 Å². The molecule has 0 saturated carbocycles. The zero-order chi connectivity index (χ0) is 9.84. The van der Waals surface area contributed by atoms with Crippen LogP contribution in [0.5, 0.6) is 0 Å². The molecule has 1 rings (SSSR count). The first-order chi connectivity index (χ1) is 6.11. The summed E-state index contributed by atoms with van der Waals surface area (Å²) in [6.45, 7) is 2.12. The lowest BCUT2D eigenvalue weighted by atomic mass is 10.3. The van der Waals surface area contributed by atoms with Gasteiger partial charge in [-0.1, -0.05) is 0 Å². The molecule has 0 unspecified atom stereocenters. The molecule has 0 aliphatic carbocycles. The summed E-state index contributed by atoms with van der Waals surface area (Å²) in [6, 6.07) is 1.38. The highest BCUT2D eigenvalue weighted by atomic mass is 16.2. The number of amides is 1. The van der Waals surface area contributed by atoms with E-state index in [1.807, 2.05) is 13.1 Å². The van der Waals surface area contributed by atoms with Crippen LogP contribution in [0, 0.1) is 0 Å². The van der Waals surface area contributed by atoms with Crippen molar-refractivity contribution in [1.29, 1.82) is 0 Å². The Morgan fingerprint density at radius 2 is 2.54 bits per heavy atom. The SMILES string of the molecule is C[C@@H](N)C(=O)NCc1ccnn1C. The van der Waals surface area contributed by atoms with Crippen LogP contribution in [0.3, 0.4) is 0 Å². The highest BCUT2D eigenvalue weighted by Crippen LogP contribution is 1.94. The molecule has 5 nitrogen and oxygen atoms in total. The Balaban J connectivity index is 2.44. The van der Waals surface area contributed by atoms with Gasteiger partial charge in [0, 0.05) is 13.2 Å². The minimum absolute atomic E-state index is 0.152. The van der Waals surface area contributed by atoms with Crippen molar-refractivity contribution < 1.29 is 4.79 Å². The van der Waals surface area contributed by atoms with E-state index in [-0.39, 0.29) is 5.91 Å². The monoisotopic (exact) mass is 182 g/mol. The van der Waals surface area contributed by atoms with E-state index < -0.39 is 6.04 Å². The fourth-order valence-electron chi connectivity index (χ4n) is 0.913. The van der Waals surface area contributed by atoms with Crippen LogP contribution in [-0.4, -0.2) is 21.7 Å². The second-order valence-corrected chi connectivity index (χ2v) is 2.95. The van der Waals surface area contributed by atoms with Gasteiger partial charge in [0.25, 0.3) is 0 Å². The van der Waals surface area contributed by atoms with Gasteiger partial charge < -0.3 is 11.1 Å². The molecule has 0 fully saturated rings. The second-order valence-electron chi connectivity index (χ2n) is 2.95. The van der Waals surface area contributed by atoms with Crippen LogP contribution in [0.4, 0.5) is 0 Å². The average Bonchev–Trinajstić information content (AvgIpc) is 2.47. The van der Waals surface area contributed by atoms with Gasteiger partial charge in [0.15, 0.2) is 0 Å². The number of nitrogens with two attached hydrogens (primary N) is 1. The third-order valence-electron chi connectivity index (χ3n) is 1.78. The van der Waals surface area contributed by atoms with Crippen LogP contribution in [0.2, 0.25) is 0 Å². The summed E-state index contributed by atoms with van der Waals surface area (Å²) in [5, 5.41) is 6.67. The van der Waals surface area contributed by atoms with Gasteiger partial charge in [-0.05, 0) is 13.0 Å². The van der Waals surface area contributed by atoms with Gasteiger partial charge in [0.2, 0.25) is 5.91 Å². The first kappa shape index (κ1) is 9.73. The van der Waals surface area contributed by atoms with Crippen molar-refractivity contribution in [2.75, 3.05) is 0 Å². The van der Waals surface area contributed by atoms with E-state index in [4.69, 9.17) is 5.73 Å². The van der Waals surface area contributed by atoms with E-state index in [0.717, 1.165) is 5.69 Å². The Hall–Kier alpha value is -1.36. The van der Waals surface area contributed by atoms with Crippen LogP contribution in [-0.2, 0) is 18.4 Å². The zero-order valence-electron chi connectivity index (χ0n) is 7.82. The Labute approximate surface area is 76.9 Å². The molecular formula is C8H14N4O. The summed E-state index contributed by atoms with van der Waals surface area (Å²) in [5.41, 5.74) is 6.33. The lowest BCUT2D eigenvalue weighted by molar-refractivity contribution is -0.122. The summed E-state index contributed by atoms with van der Waals surface area (Å²) < 4.78 is 1.71. The van der Waals surface area contributed by atoms with Crippen molar-refractivity contribution in [2.24, 2.45) is 12.8 Å². The van der Waals surface area contributed by atoms with Gasteiger partial charge in [-0.25, -0.2) is 0 Å². The number of carbonyl (C=O) groups excluding carboxylic acids is 1. The molecule has 0 aromatic carbocycles. The lowest BCUT2D eigenvalue weighted by Crippen LogP contribution is -2.38. The first-order valence-electron chi connectivity index (χ1n) is 4.11. The van der Waals surface area contributed by atoms with E-state index in [0.29, 0.717) is 6.54 Å². The first-order valence-corrected chi connectivity index (χ1v) is 4.11. The predicted octanol–water partition coefficient (Wildman–Crippen LogP) is -0.617. The molecule has 5 heteroatoms. The topological polar surface area (TPSA) is 72.9 Å². The molecule has 72 valence electrons. The Morgan fingerprint density at radius 3 is 3.00 bits per heavy atom. The third-order valence-corrected chi connectivity index (χ3v) is 1.78. The molecule has 13 heavy (non-hydrogen) atoms. The molecule has 1 aromatic rings. The van der Waals surface area contributed by atoms with Gasteiger partial charge in [0.05, 0.1) is 18.3 Å². The quantitative estimate of drug-likeness (QED) is 0.654. The number of nitrogens with one attached hydrogen (secondary N) is 1. The lowest BCUT2D eigenvalue weighted by Gasteiger charge is -2.07. The number of hydrogen-bond acceptors (Lipinski definition) is 3. The average molecular weight is 182 g/mol. The molecule has 0 bridgehead atoms. The molecule has 0 spiro atoms. The molecule has 1 aromatic heterocycles. The van der Waals surface area contributed by atoms with Crippen LogP contribution in [0.1, 0.15) is 12.6 Å². The Kier molecular flexibility index (Phi) is 3.02. The zero-order valence-corrected chi connectivity index (χ0v) is 7.82. The highest BCUT2D eigenvalue weighted by Gasteiger charge is 2.06. The van der Waals surface area contributed by atoms with E-state index in [2.05, 4.69) is 10.4 Å². The highest BCUT2D eigenvalue weighted by molar-refractivity contribution is 5.80. The minimum atomic E-state index is -0.465. The standard InChI is InChI=1S/C8H14N4O/c1-6(9)8(13)10-5-7-3-4-11-12(7)2/h3-4,6H,5,9H2,1-2H3,(H,10,13)/t6-/m1/s1. The summed E-state index contributed by atoms with van der Waals surface area (Å²) in [5.74, 6) is -0.152. The van der Waals surface area contributed by atoms with Crippen molar-refractivity contribution in [3.63, 3.8) is 0 Å². The maximum atomic E-state index is 11.1. The summed E-state index contributed by atoms with van der Waals surface area (Å²) in [6.07, 6.45) is 1.69. The predicted molar refractivity (Wildman–Crippen MR) is 48.7 cm³/mol. The van der Waals surface area contributed by atoms with E-state index in [1.54, 1.807) is 17.8 Å². The van der Waals surface area contributed by atoms with Crippen LogP contribution in [0.15, 0.2) is 12.3 Å². The molecule has 0 radical (unpaired) electrons. The number of carbonyl (C=O) groups is 1. The number of aromatic nitrogens is 2. The summed E-state index contributed by atoms with van der Waals surface area (Å²) >= 11 is 0. The molecule has 1 amide bonds. The van der Waals surface area contributed by atoms with Gasteiger partial charge in [-0.3, -0.25) is 9.48 Å². The fourth-order valence-corrected chi connectivity index (χ4v) is 0.913. The van der Waals surface area contributed by atoms with Crippen LogP contribution in [0.25, 0.3) is 0 Å². The summed E-state index contributed by atoms with van der Waals surface area (Å²) in [7, 11) is 1.83. The van der Waals surface area contributed by atoms with Gasteiger partial charge in [-0.15, -0.1) is 0 Å². The van der Waals surface area contributed by atoms with Crippen LogP contribution < -0.4 is 11.1 Å². The minimum Gasteiger partial charge on any atom is -0.349 e. The smallest absolute Gasteiger partial charge is 0.236 e. The molecule has 0 aliphatic heterocycles. The molecule has 3 N–H and O–H groups in total. The van der Waals surface area contributed by atoms with Crippen LogP contribution >= 0.6 is 0 Å². The largest absolute Gasteiger partial charge is 0.349 e. The number of nitrogens with zero attached hydrogens (tertiary/aromatic N) is 2. The maximum Gasteiger partial charge on any atom is 0.236 e. The van der Waals surface area contributed by atoms with Gasteiger partial charge >= 0.3 is 0 Å². The van der Waals surface area contributed by atoms with E-state index >= 15 is 0 Å². The van der Waals surface area contributed by atoms with Gasteiger partial charge in [-0.2, -0.15) is 5.10 Å². The molecule has 1 atom stereocenters. The molecular weight excluding hydrogens is 168 g/mol. The number of hydrogen-bond donors (Lipinski definition) is 2. The maximum absolute atomic E-state index is 11.1. The van der Waals surface area contributed by atoms with Crippen molar-refractivity contribution in [1.82, 2.24) is 15.1 Å². The van der Waals surface area contributed by atoms with Crippen molar-refractivity contribution in [3.05, 3.63) is 18.0 Å². The third kappa shape index (κ3) is 2.55. The molecule has 0 aliphatic rings. The summed E-state index contributed by atoms with van der Waals surface area (Å²) in [4.78, 5) is 11.1.